The largest absolute Gasteiger partial charge is 0.466 e. The Morgan fingerprint density at radius 2 is 1.83 bits per heavy atom. The van der Waals surface area contributed by atoms with Crippen molar-refractivity contribution in [3.05, 3.63) is 70.7 Å². The minimum absolute atomic E-state index is 0.0190. The lowest BCUT2D eigenvalue weighted by molar-refractivity contribution is -0.666. The third-order valence-electron chi connectivity index (χ3n) is 5.10. The van der Waals surface area contributed by atoms with Gasteiger partial charge >= 0.3 is 0 Å². The summed E-state index contributed by atoms with van der Waals surface area (Å²) in [5.74, 6) is 0. The second kappa shape index (κ2) is 6.74. The molecule has 2 aromatic carbocycles. The van der Waals surface area contributed by atoms with Crippen molar-refractivity contribution >= 4 is 27.6 Å². The fourth-order valence-electron chi connectivity index (χ4n) is 3.66. The first-order valence-electron chi connectivity index (χ1n) is 11.7. The number of hydrogen-bond donors (Lipinski definition) is 0. The molecular weight excluding hydrogens is 356 g/mol. The van der Waals surface area contributed by atoms with Crippen LogP contribution in [0, 0.1) is 25.8 Å². The van der Waals surface area contributed by atoms with E-state index in [2.05, 4.69) is 4.85 Å². The predicted octanol–water partition coefficient (Wildman–Crippen LogP) is 6.83. The van der Waals surface area contributed by atoms with Crippen molar-refractivity contribution in [2.45, 2.75) is 41.0 Å². The molecule has 0 aliphatic carbocycles. The monoisotopic (exact) mass is 387 g/mol. The maximum atomic E-state index is 9.11. The number of benzene rings is 2. The Morgan fingerprint density at radius 3 is 2.52 bits per heavy atom. The van der Waals surface area contributed by atoms with E-state index in [-0.39, 0.29) is 17.6 Å². The van der Waals surface area contributed by atoms with Crippen molar-refractivity contribution in [2.24, 2.45) is 12.5 Å². The van der Waals surface area contributed by atoms with Gasteiger partial charge in [0.25, 0.3) is 0 Å². The highest BCUT2D eigenvalue weighted by atomic mass is 16.3. The van der Waals surface area contributed by atoms with Gasteiger partial charge in [-0.2, -0.15) is 4.57 Å². The van der Waals surface area contributed by atoms with Gasteiger partial charge in [-0.05, 0) is 29.8 Å². The molecule has 0 N–H and O–H groups in total. The molecule has 0 saturated carbocycles. The lowest BCUT2D eigenvalue weighted by Gasteiger charge is -2.18. The Bertz CT molecular complexity index is 1490. The first-order chi connectivity index (χ1) is 15.3. The average molecular weight is 388 g/mol. The number of nitrogens with zero attached hydrogens (tertiary/aromatic N) is 2. The Labute approximate surface area is 178 Å². The minimum Gasteiger partial charge on any atom is -0.466 e. The van der Waals surface area contributed by atoms with E-state index in [1.54, 1.807) is 45.4 Å². The van der Waals surface area contributed by atoms with Gasteiger partial charge in [0, 0.05) is 32.5 Å². The SMILES string of the molecule is [2H]c1c(C([2H])([2H])C(C)(C)C)c([2H])c(-c2c(C)ccc3c2oc2c([N+]#[C-])cccc23)[n+](C)c1C. The molecule has 0 saturated heterocycles. The summed E-state index contributed by atoms with van der Waals surface area (Å²) >= 11 is 0. The van der Waals surface area contributed by atoms with Crippen LogP contribution in [-0.2, 0) is 13.4 Å². The molecule has 0 bridgehead atoms. The Morgan fingerprint density at radius 1 is 1.10 bits per heavy atom. The summed E-state index contributed by atoms with van der Waals surface area (Å²) in [4.78, 5) is 3.59. The molecule has 4 aromatic rings. The van der Waals surface area contributed by atoms with Gasteiger partial charge in [-0.25, -0.2) is 4.85 Å². The molecule has 0 unspecified atom stereocenters. The van der Waals surface area contributed by atoms with Crippen molar-refractivity contribution in [2.75, 3.05) is 0 Å². The fourth-order valence-corrected chi connectivity index (χ4v) is 3.66. The number of aryl methyl sites for hydroxylation is 1. The van der Waals surface area contributed by atoms with Crippen LogP contribution in [-0.4, -0.2) is 0 Å². The van der Waals surface area contributed by atoms with Gasteiger partial charge in [0.2, 0.25) is 11.4 Å². The highest BCUT2D eigenvalue weighted by Crippen LogP contribution is 2.40. The summed E-state index contributed by atoms with van der Waals surface area (Å²) in [7, 11) is 1.79. The number of aromatic nitrogens is 1. The number of rotatable bonds is 2. The van der Waals surface area contributed by atoms with E-state index in [0.29, 0.717) is 33.8 Å². The molecule has 3 nitrogen and oxygen atoms in total. The highest BCUT2D eigenvalue weighted by Gasteiger charge is 2.24. The molecule has 4 rings (SSSR count). The van der Waals surface area contributed by atoms with E-state index in [1.165, 1.54) is 0 Å². The van der Waals surface area contributed by atoms with Crippen molar-refractivity contribution < 1.29 is 14.5 Å². The van der Waals surface area contributed by atoms with Crippen LogP contribution in [0.2, 0.25) is 0 Å². The number of pyridine rings is 1. The van der Waals surface area contributed by atoms with Crippen molar-refractivity contribution in [3.63, 3.8) is 0 Å². The second-order valence-electron chi connectivity index (χ2n) is 8.49. The average Bonchev–Trinajstić information content (AvgIpc) is 3.11. The highest BCUT2D eigenvalue weighted by molar-refractivity contribution is 6.12. The fraction of sp³-hybridized carbons (Fsp3) is 0.308. The smallest absolute Gasteiger partial charge is 0.229 e. The third kappa shape index (κ3) is 3.29. The maximum absolute atomic E-state index is 9.11. The summed E-state index contributed by atoms with van der Waals surface area (Å²) in [6, 6.07) is 9.39. The third-order valence-corrected chi connectivity index (χ3v) is 5.10. The van der Waals surface area contributed by atoms with E-state index in [4.69, 9.17) is 16.5 Å². The lowest BCUT2D eigenvalue weighted by Crippen LogP contribution is -2.35. The van der Waals surface area contributed by atoms with Crippen molar-refractivity contribution in [1.29, 1.82) is 0 Å². The zero-order valence-electron chi connectivity index (χ0n) is 21.7. The van der Waals surface area contributed by atoms with Crippen LogP contribution in [0.5, 0.6) is 0 Å². The van der Waals surface area contributed by atoms with Gasteiger partial charge in [0.05, 0.1) is 14.9 Å². The first-order valence-corrected chi connectivity index (χ1v) is 9.65. The lowest BCUT2D eigenvalue weighted by atomic mass is 9.87. The van der Waals surface area contributed by atoms with Gasteiger partial charge in [0.1, 0.15) is 18.2 Å². The first kappa shape index (κ1) is 14.8. The van der Waals surface area contributed by atoms with Gasteiger partial charge in [0.15, 0.2) is 5.69 Å². The molecule has 2 aromatic heterocycles. The summed E-state index contributed by atoms with van der Waals surface area (Å²) in [6.07, 6.45) is -1.90. The van der Waals surface area contributed by atoms with Gasteiger partial charge in [-0.15, -0.1) is 0 Å². The van der Waals surface area contributed by atoms with Crippen LogP contribution in [0.4, 0.5) is 5.69 Å². The zero-order valence-corrected chi connectivity index (χ0v) is 17.7. The maximum Gasteiger partial charge on any atom is 0.229 e. The minimum atomic E-state index is -1.90. The number of fused-ring (bicyclic) bond motifs is 3. The topological polar surface area (TPSA) is 21.4 Å². The van der Waals surface area contributed by atoms with Gasteiger partial charge < -0.3 is 4.42 Å². The molecule has 0 radical (unpaired) electrons. The second-order valence-corrected chi connectivity index (χ2v) is 8.49. The Balaban J connectivity index is 2.20. The summed E-state index contributed by atoms with van der Waals surface area (Å²) in [5.41, 5.74) is 3.37. The molecule has 0 atom stereocenters. The van der Waals surface area contributed by atoms with Crippen LogP contribution in [0.15, 0.2) is 46.8 Å². The molecular formula is C26H27N2O+. The van der Waals surface area contributed by atoms with Crippen LogP contribution < -0.4 is 4.57 Å². The normalized spacial score (nSPS) is 14.4. The quantitative estimate of drug-likeness (QED) is 0.273. The molecule has 0 aliphatic rings. The van der Waals surface area contributed by atoms with Crippen LogP contribution >= 0.6 is 0 Å². The van der Waals surface area contributed by atoms with Crippen LogP contribution in [0.3, 0.4) is 0 Å². The molecule has 146 valence electrons. The summed E-state index contributed by atoms with van der Waals surface area (Å²) in [5, 5.41) is 1.66. The van der Waals surface area contributed by atoms with Crippen molar-refractivity contribution in [1.82, 2.24) is 0 Å². The van der Waals surface area contributed by atoms with E-state index >= 15 is 0 Å². The predicted molar refractivity (Wildman–Crippen MR) is 119 cm³/mol. The van der Waals surface area contributed by atoms with Gasteiger partial charge in [-0.1, -0.05) is 51.1 Å². The van der Waals surface area contributed by atoms with E-state index in [1.807, 2.05) is 31.2 Å². The van der Waals surface area contributed by atoms with E-state index < -0.39 is 11.8 Å². The number of furan rings is 1. The standard InChI is InChI=1S/C26H27N2O/c1-16-11-12-20-19-9-8-10-21(27-6)24(19)29-25(20)23(16)22-14-18(15-26(3,4)5)13-17(2)28(22)7/h8-14H,15H2,1-5,7H3/q+1/i13D,14D,15D2. The molecule has 0 fully saturated rings. The molecule has 0 aliphatic heterocycles. The number of hydrogen-bond acceptors (Lipinski definition) is 1. The number of para-hydroxylation sites is 1. The summed E-state index contributed by atoms with van der Waals surface area (Å²) in [6.45, 7) is 16.6. The molecule has 0 spiro atoms. The van der Waals surface area contributed by atoms with Crippen LogP contribution in [0.1, 0.15) is 43.1 Å². The Kier molecular flexibility index (Phi) is 3.44. The van der Waals surface area contributed by atoms with E-state index in [0.717, 1.165) is 16.3 Å². The summed E-state index contributed by atoms with van der Waals surface area (Å²) < 4.78 is 43.5. The van der Waals surface area contributed by atoms with Gasteiger partial charge in [-0.3, -0.25) is 0 Å². The molecule has 3 heteroatoms. The molecule has 0 amide bonds. The van der Waals surface area contributed by atoms with Crippen LogP contribution in [0.25, 0.3) is 38.0 Å². The molecule has 2 heterocycles. The van der Waals surface area contributed by atoms with E-state index in [9.17, 15) is 0 Å². The Hall–Kier alpha value is -3.12. The van der Waals surface area contributed by atoms with Crippen molar-refractivity contribution in [3.8, 4) is 11.3 Å². The zero-order chi connectivity index (χ0) is 24.5. The molecule has 29 heavy (non-hydrogen) atoms.